The zero-order valence-corrected chi connectivity index (χ0v) is 12.2. The molecule has 0 bridgehead atoms. The van der Waals surface area contributed by atoms with Gasteiger partial charge in [0.1, 0.15) is 0 Å². The molecule has 1 aromatic heterocycles. The smallest absolute Gasteiger partial charge is 0.00452 e. The number of rotatable bonds is 8. The normalized spacial score (nSPS) is 12.5. The molecular formula is C17H23NS. The lowest BCUT2D eigenvalue weighted by Crippen LogP contribution is -2.20. The molecule has 19 heavy (non-hydrogen) atoms. The van der Waals surface area contributed by atoms with Crippen molar-refractivity contribution in [1.29, 1.82) is 0 Å². The molecule has 1 unspecified atom stereocenters. The van der Waals surface area contributed by atoms with E-state index in [-0.39, 0.29) is 0 Å². The average Bonchev–Trinajstić information content (AvgIpc) is 2.93. The lowest BCUT2D eigenvalue weighted by Gasteiger charge is -2.11. The van der Waals surface area contributed by atoms with Gasteiger partial charge in [0.15, 0.2) is 0 Å². The van der Waals surface area contributed by atoms with Gasteiger partial charge in [-0.25, -0.2) is 0 Å². The van der Waals surface area contributed by atoms with E-state index in [1.54, 1.807) is 0 Å². The molecule has 0 spiro atoms. The minimum absolute atomic E-state index is 0.365. The molecule has 1 aromatic carbocycles. The molecular weight excluding hydrogens is 250 g/mol. The van der Waals surface area contributed by atoms with Crippen molar-refractivity contribution >= 4 is 11.3 Å². The van der Waals surface area contributed by atoms with Crippen molar-refractivity contribution in [2.45, 2.75) is 44.6 Å². The maximum absolute atomic E-state index is 6.18. The van der Waals surface area contributed by atoms with Crippen LogP contribution in [0.4, 0.5) is 0 Å². The van der Waals surface area contributed by atoms with Crippen LogP contribution in [0.15, 0.2) is 47.8 Å². The van der Waals surface area contributed by atoms with Crippen LogP contribution < -0.4 is 5.73 Å². The van der Waals surface area contributed by atoms with E-state index in [9.17, 15) is 0 Å². The van der Waals surface area contributed by atoms with Crippen LogP contribution in [-0.2, 0) is 12.8 Å². The molecule has 0 fully saturated rings. The fourth-order valence-electron chi connectivity index (χ4n) is 2.35. The van der Waals surface area contributed by atoms with Crippen LogP contribution in [0.3, 0.4) is 0 Å². The van der Waals surface area contributed by atoms with E-state index in [4.69, 9.17) is 5.73 Å². The first kappa shape index (κ1) is 14.3. The topological polar surface area (TPSA) is 26.0 Å². The summed E-state index contributed by atoms with van der Waals surface area (Å²) in [6.45, 7) is 0. The maximum atomic E-state index is 6.18. The quantitative estimate of drug-likeness (QED) is 0.757. The Bertz CT molecular complexity index is 436. The number of aryl methyl sites for hydroxylation is 2. The number of benzene rings is 1. The molecule has 2 aromatic rings. The highest BCUT2D eigenvalue weighted by molar-refractivity contribution is 7.09. The first-order chi connectivity index (χ1) is 9.34. The van der Waals surface area contributed by atoms with E-state index >= 15 is 0 Å². The molecule has 0 aliphatic carbocycles. The number of nitrogens with two attached hydrogens (primary N) is 1. The third-order valence-corrected chi connectivity index (χ3v) is 4.40. The minimum Gasteiger partial charge on any atom is -0.328 e. The van der Waals surface area contributed by atoms with E-state index < -0.39 is 0 Å². The summed E-state index contributed by atoms with van der Waals surface area (Å²) in [5.74, 6) is 0. The third kappa shape index (κ3) is 5.58. The molecule has 0 aliphatic heterocycles. The number of hydrogen-bond donors (Lipinski definition) is 1. The summed E-state index contributed by atoms with van der Waals surface area (Å²) in [6, 6.07) is 15.4. The van der Waals surface area contributed by atoms with Crippen LogP contribution in [0.2, 0.25) is 0 Å². The molecule has 2 rings (SSSR count). The van der Waals surface area contributed by atoms with Crippen LogP contribution in [0.25, 0.3) is 0 Å². The zero-order valence-electron chi connectivity index (χ0n) is 11.4. The summed E-state index contributed by atoms with van der Waals surface area (Å²) >= 11 is 1.85. The molecule has 1 nitrogen and oxygen atoms in total. The molecule has 2 heteroatoms. The summed E-state index contributed by atoms with van der Waals surface area (Å²) in [7, 11) is 0. The molecule has 0 saturated carbocycles. The van der Waals surface area contributed by atoms with E-state index in [1.807, 2.05) is 11.3 Å². The Labute approximate surface area is 120 Å². The van der Waals surface area contributed by atoms with Crippen LogP contribution in [0.1, 0.15) is 36.1 Å². The van der Waals surface area contributed by atoms with Gasteiger partial charge in [0.25, 0.3) is 0 Å². The molecule has 0 saturated heterocycles. The Kier molecular flexibility index (Phi) is 6.12. The van der Waals surface area contributed by atoms with Crippen molar-refractivity contribution in [3.63, 3.8) is 0 Å². The zero-order chi connectivity index (χ0) is 13.3. The lowest BCUT2D eigenvalue weighted by atomic mass is 10.0. The maximum Gasteiger partial charge on any atom is 0.00452 e. The lowest BCUT2D eigenvalue weighted by molar-refractivity contribution is 0.528. The molecule has 1 heterocycles. The van der Waals surface area contributed by atoms with Gasteiger partial charge in [-0.3, -0.25) is 0 Å². The first-order valence-electron chi connectivity index (χ1n) is 7.16. The van der Waals surface area contributed by atoms with Gasteiger partial charge in [0.2, 0.25) is 0 Å². The molecule has 1 atom stereocenters. The van der Waals surface area contributed by atoms with Gasteiger partial charge in [-0.15, -0.1) is 11.3 Å². The fourth-order valence-corrected chi connectivity index (χ4v) is 3.10. The van der Waals surface area contributed by atoms with E-state index in [1.165, 1.54) is 29.7 Å². The monoisotopic (exact) mass is 273 g/mol. The van der Waals surface area contributed by atoms with E-state index in [0.717, 1.165) is 19.3 Å². The molecule has 102 valence electrons. The predicted molar refractivity (Wildman–Crippen MR) is 84.6 cm³/mol. The van der Waals surface area contributed by atoms with Gasteiger partial charge >= 0.3 is 0 Å². The summed E-state index contributed by atoms with van der Waals surface area (Å²) in [4.78, 5) is 1.48. The van der Waals surface area contributed by atoms with E-state index in [0.29, 0.717) is 6.04 Å². The predicted octanol–water partition coefficient (Wildman–Crippen LogP) is 4.42. The Balaban J connectivity index is 1.56. The van der Waals surface area contributed by atoms with Gasteiger partial charge in [-0.05, 0) is 55.5 Å². The second-order valence-electron chi connectivity index (χ2n) is 5.11. The standard InChI is InChI=1S/C17H23NS/c18-16(11-5-12-17-13-6-14-19-17)10-4-9-15-7-2-1-3-8-15/h1-3,6-8,13-14,16H,4-5,9-12,18H2. The first-order valence-corrected chi connectivity index (χ1v) is 8.04. The van der Waals surface area contributed by atoms with Gasteiger partial charge in [0.05, 0.1) is 0 Å². The van der Waals surface area contributed by atoms with Crippen LogP contribution in [0, 0.1) is 0 Å². The highest BCUT2D eigenvalue weighted by Crippen LogP contribution is 2.14. The number of hydrogen-bond acceptors (Lipinski definition) is 2. The Morgan fingerprint density at radius 1 is 0.895 bits per heavy atom. The van der Waals surface area contributed by atoms with Gasteiger partial charge in [-0.1, -0.05) is 36.4 Å². The van der Waals surface area contributed by atoms with Crippen LogP contribution >= 0.6 is 11.3 Å². The van der Waals surface area contributed by atoms with Gasteiger partial charge < -0.3 is 5.73 Å². The van der Waals surface area contributed by atoms with Crippen molar-refractivity contribution in [2.24, 2.45) is 5.73 Å². The highest BCUT2D eigenvalue weighted by Gasteiger charge is 2.03. The molecule has 2 N–H and O–H groups in total. The van der Waals surface area contributed by atoms with Crippen LogP contribution in [-0.4, -0.2) is 6.04 Å². The number of thiophene rings is 1. The second-order valence-corrected chi connectivity index (χ2v) is 6.14. The summed E-state index contributed by atoms with van der Waals surface area (Å²) in [5.41, 5.74) is 7.61. The fraction of sp³-hybridized carbons (Fsp3) is 0.412. The summed E-state index contributed by atoms with van der Waals surface area (Å²) in [5, 5.41) is 2.15. The van der Waals surface area contributed by atoms with Crippen LogP contribution in [0.5, 0.6) is 0 Å². The SMILES string of the molecule is NC(CCCc1ccccc1)CCCc1cccs1. The second kappa shape index (κ2) is 8.13. The van der Waals surface area contributed by atoms with Crippen molar-refractivity contribution < 1.29 is 0 Å². The summed E-state index contributed by atoms with van der Waals surface area (Å²) in [6.07, 6.45) is 7.03. The van der Waals surface area contributed by atoms with Crippen molar-refractivity contribution in [2.75, 3.05) is 0 Å². The average molecular weight is 273 g/mol. The van der Waals surface area contributed by atoms with Crippen molar-refractivity contribution in [3.05, 3.63) is 58.3 Å². The summed E-state index contributed by atoms with van der Waals surface area (Å²) < 4.78 is 0. The largest absolute Gasteiger partial charge is 0.328 e. The molecule has 0 aliphatic rings. The van der Waals surface area contributed by atoms with Crippen molar-refractivity contribution in [3.8, 4) is 0 Å². The van der Waals surface area contributed by atoms with Crippen molar-refractivity contribution in [1.82, 2.24) is 0 Å². The minimum atomic E-state index is 0.365. The molecule has 0 amide bonds. The Morgan fingerprint density at radius 2 is 1.63 bits per heavy atom. The third-order valence-electron chi connectivity index (χ3n) is 3.46. The van der Waals surface area contributed by atoms with E-state index in [2.05, 4.69) is 47.8 Å². The van der Waals surface area contributed by atoms with Gasteiger partial charge in [-0.2, -0.15) is 0 Å². The highest BCUT2D eigenvalue weighted by atomic mass is 32.1. The Hall–Kier alpha value is -1.12. The molecule has 0 radical (unpaired) electrons. The van der Waals surface area contributed by atoms with Gasteiger partial charge in [0, 0.05) is 10.9 Å². The Morgan fingerprint density at radius 3 is 2.32 bits per heavy atom.